The van der Waals surface area contributed by atoms with E-state index in [1.165, 1.54) is 29.2 Å². The van der Waals surface area contributed by atoms with E-state index in [1.54, 1.807) is 13.0 Å². The first-order valence-electron chi connectivity index (χ1n) is 9.70. The number of imidazole rings is 1. The first kappa shape index (κ1) is 21.1. The van der Waals surface area contributed by atoms with Gasteiger partial charge in [-0.15, -0.1) is 0 Å². The van der Waals surface area contributed by atoms with Crippen LogP contribution < -0.4 is 5.73 Å². The fourth-order valence-electron chi connectivity index (χ4n) is 4.69. The molecule has 1 saturated heterocycles. The van der Waals surface area contributed by atoms with Crippen molar-refractivity contribution in [3.05, 3.63) is 36.3 Å². The van der Waals surface area contributed by atoms with Crippen LogP contribution in [0.4, 0.5) is 19.0 Å². The molecular weight excluding hydrogens is 449 g/mol. The molecule has 2 aliphatic rings. The molecule has 170 valence electrons. The lowest BCUT2D eigenvalue weighted by Crippen LogP contribution is -2.72. The summed E-state index contributed by atoms with van der Waals surface area (Å²) in [5, 5.41) is 13.8. The van der Waals surface area contributed by atoms with Crippen molar-refractivity contribution >= 4 is 21.5 Å². The summed E-state index contributed by atoms with van der Waals surface area (Å²) in [6.07, 6.45) is -2.91. The quantitative estimate of drug-likeness (QED) is 0.600. The summed E-state index contributed by atoms with van der Waals surface area (Å²) in [6.45, 7) is 1.69. The lowest BCUT2D eigenvalue weighted by molar-refractivity contribution is -0.327. The van der Waals surface area contributed by atoms with Crippen LogP contribution in [0.5, 0.6) is 0 Å². The number of benzene rings is 1. The zero-order chi connectivity index (χ0) is 23.1. The molecule has 3 aromatic rings. The zero-order valence-electron chi connectivity index (χ0n) is 16.8. The molecule has 1 saturated carbocycles. The summed E-state index contributed by atoms with van der Waals surface area (Å²) in [5.41, 5.74) is 4.46. The summed E-state index contributed by atoms with van der Waals surface area (Å²) in [7, 11) is -3.93. The summed E-state index contributed by atoms with van der Waals surface area (Å²) in [4.78, 5) is 8.09. The monoisotopic (exact) mass is 468 g/mol. The lowest BCUT2D eigenvalue weighted by atomic mass is 9.55. The van der Waals surface area contributed by atoms with Crippen LogP contribution in [-0.2, 0) is 10.0 Å². The molecule has 1 aliphatic carbocycles. The highest BCUT2D eigenvalue weighted by Gasteiger charge is 2.70. The average Bonchev–Trinajstić information content (AvgIpc) is 3.08. The Morgan fingerprint density at radius 2 is 1.88 bits per heavy atom. The maximum Gasteiger partial charge on any atom is 0.417 e. The van der Waals surface area contributed by atoms with Gasteiger partial charge in [-0.05, 0) is 37.5 Å². The third-order valence-electron chi connectivity index (χ3n) is 6.34. The third kappa shape index (κ3) is 2.91. The van der Waals surface area contributed by atoms with Crippen molar-refractivity contribution in [2.75, 3.05) is 18.8 Å². The van der Waals surface area contributed by atoms with Crippen LogP contribution in [0.1, 0.15) is 18.4 Å². The largest absolute Gasteiger partial charge is 0.417 e. The van der Waals surface area contributed by atoms with Gasteiger partial charge in [-0.2, -0.15) is 22.6 Å². The lowest BCUT2D eigenvalue weighted by Gasteiger charge is -2.61. The van der Waals surface area contributed by atoms with Gasteiger partial charge in [0.05, 0.1) is 16.8 Å². The molecule has 5 rings (SSSR count). The van der Waals surface area contributed by atoms with Crippen LogP contribution in [0.15, 0.2) is 35.6 Å². The summed E-state index contributed by atoms with van der Waals surface area (Å²) in [6, 6.07) is 4.59. The molecule has 0 amide bonds. The van der Waals surface area contributed by atoms with Gasteiger partial charge in [0.25, 0.3) is 0 Å². The molecule has 1 aliphatic heterocycles. The molecular formula is C19H19F3N6O3S. The molecule has 13 heteroatoms. The Morgan fingerprint density at radius 1 is 1.19 bits per heavy atom. The highest BCUT2D eigenvalue weighted by molar-refractivity contribution is 7.89. The number of aromatic nitrogens is 4. The van der Waals surface area contributed by atoms with E-state index >= 15 is 0 Å². The molecule has 0 unspecified atom stereocenters. The zero-order valence-corrected chi connectivity index (χ0v) is 17.7. The van der Waals surface area contributed by atoms with Crippen molar-refractivity contribution in [2.24, 2.45) is 5.41 Å². The number of sulfonamides is 1. The fraction of sp³-hybridized carbons (Fsp3) is 0.421. The Kier molecular flexibility index (Phi) is 4.21. The molecule has 1 spiro atoms. The minimum atomic E-state index is -4.72. The molecule has 0 radical (unpaired) electrons. The standard InChI is InChI=1S/C19H19F3N6O3S/c1-11-2-3-12(4-13(11)14-5-24-16-15(23)25-10-26-28(14)16)32(30,31)27-8-17(9-27)6-18(29,7-17)19(20,21)22/h2-5,10,29H,6-9H2,1H3,(H2,23,25,26). The molecule has 2 fully saturated rings. The maximum absolute atomic E-state index is 13.1. The van der Waals surface area contributed by atoms with E-state index in [1.807, 2.05) is 0 Å². The number of aryl methyl sites for hydroxylation is 1. The average molecular weight is 468 g/mol. The molecule has 3 N–H and O–H groups in total. The molecule has 0 bridgehead atoms. The molecule has 2 aromatic heterocycles. The predicted molar refractivity (Wildman–Crippen MR) is 107 cm³/mol. The molecule has 9 nitrogen and oxygen atoms in total. The first-order valence-corrected chi connectivity index (χ1v) is 11.1. The fourth-order valence-corrected chi connectivity index (χ4v) is 6.38. The highest BCUT2D eigenvalue weighted by atomic mass is 32.2. The number of aliphatic hydroxyl groups is 1. The second kappa shape index (κ2) is 6.39. The number of nitrogen functional groups attached to an aromatic ring is 1. The van der Waals surface area contributed by atoms with Crippen LogP contribution >= 0.6 is 0 Å². The number of hydrogen-bond acceptors (Lipinski definition) is 7. The van der Waals surface area contributed by atoms with Gasteiger partial charge in [-0.25, -0.2) is 22.9 Å². The Labute approximate surface area is 180 Å². The van der Waals surface area contributed by atoms with Crippen LogP contribution in [0, 0.1) is 12.3 Å². The second-order valence-electron chi connectivity index (χ2n) is 8.66. The van der Waals surface area contributed by atoms with E-state index in [9.17, 15) is 26.7 Å². The van der Waals surface area contributed by atoms with E-state index in [0.29, 0.717) is 16.9 Å². The van der Waals surface area contributed by atoms with Gasteiger partial charge >= 0.3 is 6.18 Å². The number of alkyl halides is 3. The summed E-state index contributed by atoms with van der Waals surface area (Å²) in [5.74, 6) is 0.179. The van der Waals surface area contributed by atoms with Gasteiger partial charge in [0.15, 0.2) is 17.1 Å². The number of fused-ring (bicyclic) bond motifs is 1. The number of nitrogens with zero attached hydrogens (tertiary/aromatic N) is 5. The maximum atomic E-state index is 13.1. The van der Waals surface area contributed by atoms with Crippen molar-refractivity contribution in [1.82, 2.24) is 23.9 Å². The number of halogens is 3. The first-order chi connectivity index (χ1) is 14.9. The van der Waals surface area contributed by atoms with Crippen molar-refractivity contribution in [1.29, 1.82) is 0 Å². The number of hydrogen-bond donors (Lipinski definition) is 2. The van der Waals surface area contributed by atoms with E-state index in [0.717, 1.165) is 9.87 Å². The van der Waals surface area contributed by atoms with E-state index in [4.69, 9.17) is 5.73 Å². The Bertz CT molecular complexity index is 1340. The minimum Gasteiger partial charge on any atom is -0.381 e. The molecule has 1 aromatic carbocycles. The minimum absolute atomic E-state index is 0.00957. The van der Waals surface area contributed by atoms with Gasteiger partial charge in [0.2, 0.25) is 10.0 Å². The Hall–Kier alpha value is -2.77. The number of rotatable bonds is 3. The summed E-state index contributed by atoms with van der Waals surface area (Å²) >= 11 is 0. The van der Waals surface area contributed by atoms with Crippen molar-refractivity contribution in [2.45, 2.75) is 36.4 Å². The van der Waals surface area contributed by atoms with Crippen LogP contribution in [0.3, 0.4) is 0 Å². The van der Waals surface area contributed by atoms with Crippen LogP contribution in [0.25, 0.3) is 16.9 Å². The van der Waals surface area contributed by atoms with Gasteiger partial charge in [0.1, 0.15) is 6.33 Å². The molecule has 32 heavy (non-hydrogen) atoms. The number of anilines is 1. The Morgan fingerprint density at radius 3 is 2.53 bits per heavy atom. The van der Waals surface area contributed by atoms with E-state index in [-0.39, 0.29) is 23.8 Å². The summed E-state index contributed by atoms with van der Waals surface area (Å²) < 4.78 is 67.7. The number of nitrogens with two attached hydrogens (primary N) is 1. The van der Waals surface area contributed by atoms with Crippen molar-refractivity contribution in [3.8, 4) is 11.3 Å². The van der Waals surface area contributed by atoms with Crippen molar-refractivity contribution in [3.63, 3.8) is 0 Å². The van der Waals surface area contributed by atoms with Gasteiger partial charge in [0, 0.05) is 24.1 Å². The smallest absolute Gasteiger partial charge is 0.381 e. The normalized spacial score (nSPS) is 20.3. The molecule has 0 atom stereocenters. The Balaban J connectivity index is 1.42. The van der Waals surface area contributed by atoms with Gasteiger partial charge < -0.3 is 10.8 Å². The van der Waals surface area contributed by atoms with Crippen LogP contribution in [-0.4, -0.2) is 62.3 Å². The predicted octanol–water partition coefficient (Wildman–Crippen LogP) is 1.76. The molecule has 3 heterocycles. The second-order valence-corrected chi connectivity index (χ2v) is 10.6. The third-order valence-corrected chi connectivity index (χ3v) is 8.13. The van der Waals surface area contributed by atoms with Crippen LogP contribution in [0.2, 0.25) is 0 Å². The van der Waals surface area contributed by atoms with Crippen molar-refractivity contribution < 1.29 is 26.7 Å². The van der Waals surface area contributed by atoms with E-state index in [2.05, 4.69) is 15.1 Å². The van der Waals surface area contributed by atoms with Gasteiger partial charge in [-0.1, -0.05) is 6.07 Å². The SMILES string of the molecule is Cc1ccc(S(=O)(=O)N2CC3(C2)CC(O)(C(F)(F)F)C3)cc1-c1cnc2c(N)ncnn12. The highest BCUT2D eigenvalue weighted by Crippen LogP contribution is 2.60. The van der Waals surface area contributed by atoms with Gasteiger partial charge in [-0.3, -0.25) is 0 Å². The topological polar surface area (TPSA) is 127 Å². The van der Waals surface area contributed by atoms with E-state index < -0.39 is 40.1 Å².